The predicted octanol–water partition coefficient (Wildman–Crippen LogP) is 2.19. The molecule has 2 aliphatic rings. The van der Waals surface area contributed by atoms with Gasteiger partial charge >= 0.3 is 0 Å². The van der Waals surface area contributed by atoms with Gasteiger partial charge in [0.1, 0.15) is 0 Å². The predicted molar refractivity (Wildman–Crippen MR) is 58.3 cm³/mol. The molecule has 2 heteroatoms. The molecule has 0 bridgehead atoms. The Hall–Kier alpha value is -0.0800. The van der Waals surface area contributed by atoms with Gasteiger partial charge in [0.05, 0.1) is 6.10 Å². The maximum absolute atomic E-state index is 5.54. The summed E-state index contributed by atoms with van der Waals surface area (Å²) in [6.07, 6.45) is 5.91. The molecule has 1 aliphatic carbocycles. The van der Waals surface area contributed by atoms with Crippen LogP contribution in [0.25, 0.3) is 0 Å². The van der Waals surface area contributed by atoms with Crippen LogP contribution in [0, 0.1) is 11.8 Å². The first-order valence-electron chi connectivity index (χ1n) is 6.10. The highest BCUT2D eigenvalue weighted by Gasteiger charge is 2.26. The SMILES string of the molecule is CC1CCC(CNC2CCOC2C)C1. The number of rotatable bonds is 3. The Morgan fingerprint density at radius 2 is 2.07 bits per heavy atom. The molecular weight excluding hydrogens is 174 g/mol. The average molecular weight is 197 g/mol. The fourth-order valence-electron chi connectivity index (χ4n) is 2.83. The van der Waals surface area contributed by atoms with E-state index in [0.717, 1.165) is 18.4 Å². The fourth-order valence-corrected chi connectivity index (χ4v) is 2.83. The molecule has 0 spiro atoms. The van der Waals surface area contributed by atoms with E-state index >= 15 is 0 Å². The lowest BCUT2D eigenvalue weighted by Crippen LogP contribution is -2.37. The van der Waals surface area contributed by atoms with Crippen LogP contribution in [0.1, 0.15) is 39.5 Å². The minimum absolute atomic E-state index is 0.425. The van der Waals surface area contributed by atoms with Crippen LogP contribution in [0.5, 0.6) is 0 Å². The summed E-state index contributed by atoms with van der Waals surface area (Å²) in [6.45, 7) is 6.71. The standard InChI is InChI=1S/C12H23NO/c1-9-3-4-11(7-9)8-13-12-5-6-14-10(12)2/h9-13H,3-8H2,1-2H3. The average Bonchev–Trinajstić information content (AvgIpc) is 2.72. The highest BCUT2D eigenvalue weighted by Crippen LogP contribution is 2.29. The largest absolute Gasteiger partial charge is 0.377 e. The summed E-state index contributed by atoms with van der Waals surface area (Å²) in [7, 11) is 0. The second-order valence-corrected chi connectivity index (χ2v) is 5.16. The topological polar surface area (TPSA) is 21.3 Å². The van der Waals surface area contributed by atoms with E-state index in [0.29, 0.717) is 12.1 Å². The van der Waals surface area contributed by atoms with E-state index in [-0.39, 0.29) is 0 Å². The Labute approximate surface area is 87.4 Å². The maximum Gasteiger partial charge on any atom is 0.0700 e. The highest BCUT2D eigenvalue weighted by atomic mass is 16.5. The van der Waals surface area contributed by atoms with Gasteiger partial charge in [0.2, 0.25) is 0 Å². The van der Waals surface area contributed by atoms with E-state index in [1.54, 1.807) is 0 Å². The third-order valence-electron chi connectivity index (χ3n) is 3.85. The highest BCUT2D eigenvalue weighted by molar-refractivity contribution is 4.82. The van der Waals surface area contributed by atoms with Gasteiger partial charge in [-0.3, -0.25) is 0 Å². The molecule has 14 heavy (non-hydrogen) atoms. The van der Waals surface area contributed by atoms with Crippen LogP contribution >= 0.6 is 0 Å². The van der Waals surface area contributed by atoms with Crippen molar-refractivity contribution in [2.24, 2.45) is 11.8 Å². The molecule has 1 saturated heterocycles. The Morgan fingerprint density at radius 3 is 2.64 bits per heavy atom. The van der Waals surface area contributed by atoms with Crippen molar-refractivity contribution < 1.29 is 4.74 Å². The molecule has 0 aromatic carbocycles. The van der Waals surface area contributed by atoms with E-state index < -0.39 is 0 Å². The zero-order chi connectivity index (χ0) is 9.97. The Bertz CT molecular complexity index is 183. The minimum atomic E-state index is 0.425. The molecule has 4 atom stereocenters. The van der Waals surface area contributed by atoms with E-state index in [9.17, 15) is 0 Å². The van der Waals surface area contributed by atoms with Crippen molar-refractivity contribution in [1.29, 1.82) is 0 Å². The summed E-state index contributed by atoms with van der Waals surface area (Å²) in [5.74, 6) is 1.89. The number of hydrogen-bond donors (Lipinski definition) is 1. The van der Waals surface area contributed by atoms with Gasteiger partial charge in [0, 0.05) is 12.6 Å². The first-order valence-corrected chi connectivity index (χ1v) is 6.10. The molecule has 0 radical (unpaired) electrons. The lowest BCUT2D eigenvalue weighted by molar-refractivity contribution is 0.112. The first-order chi connectivity index (χ1) is 6.75. The molecule has 2 nitrogen and oxygen atoms in total. The second kappa shape index (κ2) is 4.63. The van der Waals surface area contributed by atoms with Crippen LogP contribution in [0.3, 0.4) is 0 Å². The van der Waals surface area contributed by atoms with Crippen LogP contribution in [-0.4, -0.2) is 25.3 Å². The molecule has 0 aromatic heterocycles. The fraction of sp³-hybridized carbons (Fsp3) is 1.00. The normalized spacial score (nSPS) is 43.3. The van der Waals surface area contributed by atoms with Gasteiger partial charge in [-0.05, 0) is 44.6 Å². The van der Waals surface area contributed by atoms with Crippen LogP contribution in [0.2, 0.25) is 0 Å². The van der Waals surface area contributed by atoms with E-state index in [4.69, 9.17) is 4.74 Å². The summed E-state index contributed by atoms with van der Waals surface area (Å²) >= 11 is 0. The Kier molecular flexibility index (Phi) is 3.45. The molecular formula is C12H23NO. The molecule has 1 heterocycles. The molecule has 82 valence electrons. The van der Waals surface area contributed by atoms with Gasteiger partial charge in [0.15, 0.2) is 0 Å². The van der Waals surface area contributed by atoms with Crippen LogP contribution in [-0.2, 0) is 4.74 Å². The van der Waals surface area contributed by atoms with Crippen molar-refractivity contribution in [2.45, 2.75) is 51.7 Å². The van der Waals surface area contributed by atoms with Gasteiger partial charge in [-0.2, -0.15) is 0 Å². The van der Waals surface area contributed by atoms with E-state index in [2.05, 4.69) is 19.2 Å². The smallest absolute Gasteiger partial charge is 0.0700 e. The summed E-state index contributed by atoms with van der Waals surface area (Å²) in [5, 5.41) is 3.67. The van der Waals surface area contributed by atoms with Crippen molar-refractivity contribution in [3.8, 4) is 0 Å². The zero-order valence-corrected chi connectivity index (χ0v) is 9.46. The number of hydrogen-bond acceptors (Lipinski definition) is 2. The second-order valence-electron chi connectivity index (χ2n) is 5.16. The monoisotopic (exact) mass is 197 g/mol. The Balaban J connectivity index is 1.67. The number of ether oxygens (including phenoxy) is 1. The van der Waals surface area contributed by atoms with Crippen LogP contribution < -0.4 is 5.32 Å². The van der Waals surface area contributed by atoms with E-state index in [1.807, 2.05) is 0 Å². The van der Waals surface area contributed by atoms with Crippen molar-refractivity contribution in [3.63, 3.8) is 0 Å². The zero-order valence-electron chi connectivity index (χ0n) is 9.46. The van der Waals surface area contributed by atoms with E-state index in [1.165, 1.54) is 32.2 Å². The third kappa shape index (κ3) is 2.48. The molecule has 2 fully saturated rings. The van der Waals surface area contributed by atoms with Crippen molar-refractivity contribution in [3.05, 3.63) is 0 Å². The summed E-state index contributed by atoms with van der Waals surface area (Å²) in [6, 6.07) is 0.617. The summed E-state index contributed by atoms with van der Waals surface area (Å²) in [5.41, 5.74) is 0. The van der Waals surface area contributed by atoms with Gasteiger partial charge in [-0.25, -0.2) is 0 Å². The molecule has 4 unspecified atom stereocenters. The van der Waals surface area contributed by atoms with Crippen molar-refractivity contribution in [2.75, 3.05) is 13.2 Å². The summed E-state index contributed by atoms with van der Waals surface area (Å²) < 4.78 is 5.54. The van der Waals surface area contributed by atoms with Gasteiger partial charge in [0.25, 0.3) is 0 Å². The van der Waals surface area contributed by atoms with Crippen LogP contribution in [0.4, 0.5) is 0 Å². The molecule has 0 amide bonds. The third-order valence-corrected chi connectivity index (χ3v) is 3.85. The lowest BCUT2D eigenvalue weighted by atomic mass is 10.0. The van der Waals surface area contributed by atoms with Gasteiger partial charge in [-0.15, -0.1) is 0 Å². The molecule has 2 rings (SSSR count). The van der Waals surface area contributed by atoms with Gasteiger partial charge in [-0.1, -0.05) is 13.3 Å². The lowest BCUT2D eigenvalue weighted by Gasteiger charge is -2.18. The maximum atomic E-state index is 5.54. The minimum Gasteiger partial charge on any atom is -0.377 e. The summed E-state index contributed by atoms with van der Waals surface area (Å²) in [4.78, 5) is 0. The molecule has 1 saturated carbocycles. The molecule has 1 aliphatic heterocycles. The van der Waals surface area contributed by atoms with Crippen molar-refractivity contribution >= 4 is 0 Å². The molecule has 0 aromatic rings. The first kappa shape index (κ1) is 10.4. The molecule has 1 N–H and O–H groups in total. The van der Waals surface area contributed by atoms with Crippen molar-refractivity contribution in [1.82, 2.24) is 5.32 Å². The Morgan fingerprint density at radius 1 is 1.21 bits per heavy atom. The number of nitrogens with one attached hydrogen (secondary N) is 1. The van der Waals surface area contributed by atoms with Crippen LogP contribution in [0.15, 0.2) is 0 Å². The quantitative estimate of drug-likeness (QED) is 0.749. The van der Waals surface area contributed by atoms with Gasteiger partial charge < -0.3 is 10.1 Å².